The molecule has 0 aromatic heterocycles. The molecule has 24 heavy (non-hydrogen) atoms. The summed E-state index contributed by atoms with van der Waals surface area (Å²) in [5, 5.41) is 0. The zero-order valence-corrected chi connectivity index (χ0v) is 13.9. The van der Waals surface area contributed by atoms with E-state index in [2.05, 4.69) is 0 Å². The van der Waals surface area contributed by atoms with Crippen molar-refractivity contribution in [3.63, 3.8) is 0 Å². The number of carbonyl (C=O) groups is 2. The second-order valence-corrected chi connectivity index (χ2v) is 5.76. The molecule has 0 radical (unpaired) electrons. The van der Waals surface area contributed by atoms with E-state index in [4.69, 9.17) is 9.47 Å². The maximum Gasteiger partial charge on any atom is 0.414 e. The fourth-order valence-corrected chi connectivity index (χ4v) is 3.35. The van der Waals surface area contributed by atoms with E-state index in [0.29, 0.717) is 13.2 Å². The van der Waals surface area contributed by atoms with E-state index in [1.54, 1.807) is 29.8 Å². The molecule has 0 saturated heterocycles. The van der Waals surface area contributed by atoms with Gasteiger partial charge in [-0.15, -0.1) is 0 Å². The van der Waals surface area contributed by atoms with E-state index < -0.39 is 6.09 Å². The third-order valence-corrected chi connectivity index (χ3v) is 4.39. The molecule has 3 aliphatic rings. The summed E-state index contributed by atoms with van der Waals surface area (Å²) in [7, 11) is 0. The van der Waals surface area contributed by atoms with E-state index >= 15 is 0 Å². The molecule has 0 aromatic rings. The van der Waals surface area contributed by atoms with Crippen LogP contribution in [0.3, 0.4) is 0 Å². The molecule has 2 amide bonds. The van der Waals surface area contributed by atoms with Gasteiger partial charge < -0.3 is 9.47 Å². The Morgan fingerprint density at radius 2 is 1.50 bits per heavy atom. The number of rotatable bonds is 2. The molecule has 3 rings (SSSR count). The predicted molar refractivity (Wildman–Crippen MR) is 89.1 cm³/mol. The van der Waals surface area contributed by atoms with E-state index in [0.717, 1.165) is 0 Å². The number of amides is 2. The number of hydrogen-bond acceptors (Lipinski definition) is 4. The van der Waals surface area contributed by atoms with Crippen LogP contribution in [0.1, 0.15) is 13.8 Å². The van der Waals surface area contributed by atoms with Crippen LogP contribution < -0.4 is 0 Å². The Labute approximate surface area is 141 Å². The topological polar surface area (TPSA) is 59.1 Å². The van der Waals surface area contributed by atoms with Crippen LogP contribution in [-0.4, -0.2) is 53.3 Å². The number of nitrogens with zero attached hydrogens (tertiary/aromatic N) is 2. The lowest BCUT2D eigenvalue weighted by molar-refractivity contribution is 0.0618. The highest BCUT2D eigenvalue weighted by molar-refractivity contribution is 5.73. The molecule has 128 valence electrons. The lowest BCUT2D eigenvalue weighted by atomic mass is 9.97. The van der Waals surface area contributed by atoms with Crippen LogP contribution in [0.5, 0.6) is 0 Å². The lowest BCUT2D eigenvalue weighted by Crippen LogP contribution is -2.56. The minimum absolute atomic E-state index is 0.0301. The summed E-state index contributed by atoms with van der Waals surface area (Å²) in [6, 6.07) is -0.804. The average molecular weight is 330 g/mol. The Morgan fingerprint density at radius 1 is 0.833 bits per heavy atom. The minimum atomic E-state index is -0.420. The van der Waals surface area contributed by atoms with Gasteiger partial charge in [-0.1, -0.05) is 42.5 Å². The Morgan fingerprint density at radius 3 is 2.21 bits per heavy atom. The normalized spacial score (nSPS) is 29.9. The highest BCUT2D eigenvalue weighted by atomic mass is 16.6. The van der Waals surface area contributed by atoms with Crippen molar-refractivity contribution in [3.8, 4) is 0 Å². The molecule has 4 atom stereocenters. The third-order valence-electron chi connectivity index (χ3n) is 4.39. The molecule has 6 nitrogen and oxygen atoms in total. The molecule has 0 aliphatic carbocycles. The average Bonchev–Trinajstić information content (AvgIpc) is 2.97. The summed E-state index contributed by atoms with van der Waals surface area (Å²) in [4.78, 5) is 28.2. The zero-order valence-electron chi connectivity index (χ0n) is 13.9. The minimum Gasteiger partial charge on any atom is -0.450 e. The Balaban J connectivity index is 2.03. The van der Waals surface area contributed by atoms with Gasteiger partial charge in [0, 0.05) is 12.1 Å². The van der Waals surface area contributed by atoms with Crippen LogP contribution in [0.4, 0.5) is 9.59 Å². The second kappa shape index (κ2) is 6.95. The molecule has 0 N–H and O–H groups in total. The van der Waals surface area contributed by atoms with Gasteiger partial charge in [0.15, 0.2) is 0 Å². The Hall–Kier alpha value is -2.50. The predicted octanol–water partition coefficient (Wildman–Crippen LogP) is 2.85. The van der Waals surface area contributed by atoms with Crippen molar-refractivity contribution in [1.29, 1.82) is 0 Å². The lowest BCUT2D eigenvalue weighted by Gasteiger charge is -2.41. The van der Waals surface area contributed by atoms with Gasteiger partial charge in [-0.25, -0.2) is 9.59 Å². The largest absolute Gasteiger partial charge is 0.450 e. The monoisotopic (exact) mass is 330 g/mol. The fraction of sp³-hybridized carbons (Fsp3) is 0.444. The molecule has 0 aromatic carbocycles. The van der Waals surface area contributed by atoms with Gasteiger partial charge in [-0.05, 0) is 13.8 Å². The smallest absolute Gasteiger partial charge is 0.414 e. The molecule has 4 bridgehead atoms. The molecule has 0 spiro atoms. The van der Waals surface area contributed by atoms with Crippen molar-refractivity contribution in [2.24, 2.45) is 5.92 Å². The first-order valence-electron chi connectivity index (χ1n) is 8.29. The van der Waals surface area contributed by atoms with E-state index in [9.17, 15) is 9.59 Å². The van der Waals surface area contributed by atoms with E-state index in [1.807, 2.05) is 42.5 Å². The van der Waals surface area contributed by atoms with Crippen molar-refractivity contribution in [2.75, 3.05) is 13.2 Å². The van der Waals surface area contributed by atoms with Gasteiger partial charge in [0.05, 0.1) is 31.3 Å². The second-order valence-electron chi connectivity index (χ2n) is 5.76. The van der Waals surface area contributed by atoms with Gasteiger partial charge in [-0.3, -0.25) is 9.80 Å². The molecule has 4 unspecified atom stereocenters. The van der Waals surface area contributed by atoms with Gasteiger partial charge in [-0.2, -0.15) is 0 Å². The van der Waals surface area contributed by atoms with Gasteiger partial charge in [0.25, 0.3) is 0 Å². The fourth-order valence-electron chi connectivity index (χ4n) is 3.35. The summed E-state index contributed by atoms with van der Waals surface area (Å²) >= 11 is 0. The molecular formula is C18H22N2O4. The highest BCUT2D eigenvalue weighted by Crippen LogP contribution is 2.33. The van der Waals surface area contributed by atoms with Crippen molar-refractivity contribution in [1.82, 2.24) is 9.80 Å². The molecule has 6 heteroatoms. The summed E-state index contributed by atoms with van der Waals surface area (Å²) in [5.74, 6) is -0.0301. The molecule has 3 aliphatic heterocycles. The summed E-state index contributed by atoms with van der Waals surface area (Å²) in [6.45, 7) is 4.17. The van der Waals surface area contributed by atoms with Crippen molar-refractivity contribution in [2.45, 2.75) is 32.0 Å². The molecule has 0 saturated carbocycles. The van der Waals surface area contributed by atoms with Crippen LogP contribution in [0.25, 0.3) is 0 Å². The summed E-state index contributed by atoms with van der Waals surface area (Å²) < 4.78 is 10.4. The molecule has 0 fully saturated rings. The summed E-state index contributed by atoms with van der Waals surface area (Å²) in [5.41, 5.74) is 0. The maximum absolute atomic E-state index is 12.6. The SMILES string of the molecule is CCOC(=O)N1C=CC2C=CC1C1C=CC=CC2N1C(=O)OCC. The van der Waals surface area contributed by atoms with E-state index in [1.165, 1.54) is 0 Å². The van der Waals surface area contributed by atoms with Crippen LogP contribution in [-0.2, 0) is 9.47 Å². The standard InChI is InChI=1S/C18H22N2O4/c1-3-23-17(21)19-12-11-13-9-10-15(19)16-8-6-5-7-14(13)20(16)18(22)24-4-2/h5-16H,3-4H2,1-2H3. The number of ether oxygens (including phenoxy) is 2. The zero-order chi connectivity index (χ0) is 17.1. The maximum atomic E-state index is 12.6. The van der Waals surface area contributed by atoms with Crippen LogP contribution in [0, 0.1) is 5.92 Å². The molecular weight excluding hydrogens is 308 g/mol. The number of hydrogen-bond donors (Lipinski definition) is 0. The first-order valence-corrected chi connectivity index (χ1v) is 8.29. The first-order chi connectivity index (χ1) is 11.7. The highest BCUT2D eigenvalue weighted by Gasteiger charge is 2.43. The van der Waals surface area contributed by atoms with Crippen molar-refractivity contribution in [3.05, 3.63) is 48.7 Å². The quantitative estimate of drug-likeness (QED) is 0.731. The number of fused-ring (bicyclic) bond motifs is 6. The molecule has 3 heterocycles. The Kier molecular flexibility index (Phi) is 4.74. The van der Waals surface area contributed by atoms with Gasteiger partial charge >= 0.3 is 12.2 Å². The van der Waals surface area contributed by atoms with Crippen molar-refractivity contribution >= 4 is 12.2 Å². The van der Waals surface area contributed by atoms with Gasteiger partial charge in [0.2, 0.25) is 0 Å². The third kappa shape index (κ3) is 2.84. The summed E-state index contributed by atoms with van der Waals surface area (Å²) in [6.07, 6.45) is 14.7. The van der Waals surface area contributed by atoms with Crippen LogP contribution in [0.15, 0.2) is 48.7 Å². The first kappa shape index (κ1) is 16.4. The van der Waals surface area contributed by atoms with Crippen LogP contribution >= 0.6 is 0 Å². The Bertz CT molecular complexity index is 623. The number of allylic oxidation sites excluding steroid dienone is 2. The number of carbonyl (C=O) groups excluding carboxylic acids is 2. The van der Waals surface area contributed by atoms with Crippen molar-refractivity contribution < 1.29 is 19.1 Å². The van der Waals surface area contributed by atoms with Gasteiger partial charge in [0.1, 0.15) is 0 Å². The van der Waals surface area contributed by atoms with Crippen LogP contribution in [0.2, 0.25) is 0 Å². The van der Waals surface area contributed by atoms with E-state index in [-0.39, 0.29) is 30.1 Å².